The smallest absolute Gasteiger partial charge is 0.273 e. The molecule has 120 valence electrons. The quantitative estimate of drug-likeness (QED) is 0.624. The van der Waals surface area contributed by atoms with Gasteiger partial charge >= 0.3 is 0 Å². The molecule has 0 aliphatic rings. The Morgan fingerprint density at radius 2 is 1.71 bits per heavy atom. The van der Waals surface area contributed by atoms with Crippen LogP contribution in [0.2, 0.25) is 5.02 Å². The molecule has 0 saturated carbocycles. The van der Waals surface area contributed by atoms with Gasteiger partial charge in [-0.2, -0.15) is 0 Å². The van der Waals surface area contributed by atoms with Crippen LogP contribution in [0.4, 0.5) is 5.69 Å². The molecule has 3 rings (SSSR count). The van der Waals surface area contributed by atoms with Gasteiger partial charge < -0.3 is 5.73 Å². The summed E-state index contributed by atoms with van der Waals surface area (Å²) in [7, 11) is 0. The number of hydrazine groups is 1. The summed E-state index contributed by atoms with van der Waals surface area (Å²) in [5, 5.41) is 1.07. The topological polar surface area (TPSA) is 97.1 Å². The molecule has 0 unspecified atom stereocenters. The van der Waals surface area contributed by atoms with E-state index in [9.17, 15) is 9.59 Å². The predicted octanol–water partition coefficient (Wildman–Crippen LogP) is 2.55. The van der Waals surface area contributed by atoms with Crippen LogP contribution in [0.25, 0.3) is 10.9 Å². The number of hydrogen-bond acceptors (Lipinski definition) is 4. The Kier molecular flexibility index (Phi) is 4.31. The lowest BCUT2D eigenvalue weighted by Gasteiger charge is -2.10. The van der Waals surface area contributed by atoms with Crippen LogP contribution >= 0.6 is 11.6 Å². The molecule has 0 radical (unpaired) electrons. The highest BCUT2D eigenvalue weighted by Crippen LogP contribution is 2.25. The van der Waals surface area contributed by atoms with Gasteiger partial charge in [-0.25, -0.2) is 0 Å². The van der Waals surface area contributed by atoms with Crippen molar-refractivity contribution >= 4 is 40.0 Å². The first kappa shape index (κ1) is 15.8. The summed E-state index contributed by atoms with van der Waals surface area (Å²) >= 11 is 5.95. The molecule has 0 atom stereocenters. The minimum Gasteiger partial charge on any atom is -0.397 e. The van der Waals surface area contributed by atoms with Gasteiger partial charge in [-0.3, -0.25) is 25.4 Å². The molecule has 2 aromatic carbocycles. The summed E-state index contributed by atoms with van der Waals surface area (Å²) in [4.78, 5) is 28.4. The molecule has 6 nitrogen and oxygen atoms in total. The van der Waals surface area contributed by atoms with Crippen LogP contribution in [0, 0.1) is 0 Å². The van der Waals surface area contributed by atoms with Gasteiger partial charge in [-0.05, 0) is 30.3 Å². The number of nitrogens with one attached hydrogen (secondary N) is 2. The zero-order valence-corrected chi connectivity index (χ0v) is 13.2. The van der Waals surface area contributed by atoms with Crippen molar-refractivity contribution in [1.82, 2.24) is 15.8 Å². The van der Waals surface area contributed by atoms with E-state index in [0.717, 1.165) is 0 Å². The van der Waals surface area contributed by atoms with E-state index in [2.05, 4.69) is 15.8 Å². The van der Waals surface area contributed by atoms with Crippen LogP contribution in [-0.2, 0) is 0 Å². The Morgan fingerprint density at radius 1 is 1.00 bits per heavy atom. The van der Waals surface area contributed by atoms with Crippen molar-refractivity contribution < 1.29 is 9.59 Å². The monoisotopic (exact) mass is 340 g/mol. The number of amides is 2. The molecular weight excluding hydrogens is 328 g/mol. The SMILES string of the molecule is Nc1c(C(=O)NNC(=O)c2ccccc2)cnc2ccc(Cl)cc12. The van der Waals surface area contributed by atoms with E-state index >= 15 is 0 Å². The summed E-state index contributed by atoms with van der Waals surface area (Å²) in [6.45, 7) is 0. The Morgan fingerprint density at radius 3 is 2.46 bits per heavy atom. The minimum atomic E-state index is -0.564. The van der Waals surface area contributed by atoms with E-state index in [4.69, 9.17) is 17.3 Å². The molecule has 0 saturated heterocycles. The number of carbonyl (C=O) groups excluding carboxylic acids is 2. The molecule has 0 spiro atoms. The van der Waals surface area contributed by atoms with Crippen molar-refractivity contribution in [2.24, 2.45) is 0 Å². The first-order valence-electron chi connectivity index (χ1n) is 7.06. The van der Waals surface area contributed by atoms with Crippen molar-refractivity contribution in [1.29, 1.82) is 0 Å². The van der Waals surface area contributed by atoms with Crippen LogP contribution in [-0.4, -0.2) is 16.8 Å². The first-order chi connectivity index (χ1) is 11.6. The molecule has 24 heavy (non-hydrogen) atoms. The third-order valence-electron chi connectivity index (χ3n) is 3.44. The fourth-order valence-corrected chi connectivity index (χ4v) is 2.38. The van der Waals surface area contributed by atoms with Crippen molar-refractivity contribution in [2.45, 2.75) is 0 Å². The Bertz CT molecular complexity index is 929. The van der Waals surface area contributed by atoms with Gasteiger partial charge in [0.05, 0.1) is 16.8 Å². The van der Waals surface area contributed by atoms with Gasteiger partial charge in [-0.1, -0.05) is 29.8 Å². The number of nitrogens with zero attached hydrogens (tertiary/aromatic N) is 1. The maximum atomic E-state index is 12.3. The number of pyridine rings is 1. The van der Waals surface area contributed by atoms with Gasteiger partial charge in [0.15, 0.2) is 0 Å². The number of hydrogen-bond donors (Lipinski definition) is 3. The van der Waals surface area contributed by atoms with Crippen LogP contribution < -0.4 is 16.6 Å². The van der Waals surface area contributed by atoms with Crippen molar-refractivity contribution in [3.8, 4) is 0 Å². The molecule has 0 bridgehead atoms. The number of halogens is 1. The number of anilines is 1. The van der Waals surface area contributed by atoms with E-state index in [1.54, 1.807) is 48.5 Å². The third kappa shape index (κ3) is 3.13. The second-order valence-electron chi connectivity index (χ2n) is 5.02. The largest absolute Gasteiger partial charge is 0.397 e. The zero-order chi connectivity index (χ0) is 17.1. The van der Waals surface area contributed by atoms with E-state index in [-0.39, 0.29) is 11.3 Å². The predicted molar refractivity (Wildman–Crippen MR) is 92.5 cm³/mol. The highest BCUT2D eigenvalue weighted by molar-refractivity contribution is 6.31. The molecule has 4 N–H and O–H groups in total. The van der Waals surface area contributed by atoms with Crippen LogP contribution in [0.1, 0.15) is 20.7 Å². The number of fused-ring (bicyclic) bond motifs is 1. The maximum Gasteiger partial charge on any atom is 0.273 e. The number of carbonyl (C=O) groups is 2. The Hall–Kier alpha value is -3.12. The van der Waals surface area contributed by atoms with Gasteiger partial charge in [0.1, 0.15) is 0 Å². The average Bonchev–Trinajstić information content (AvgIpc) is 2.61. The molecule has 0 aliphatic heterocycles. The third-order valence-corrected chi connectivity index (χ3v) is 3.68. The van der Waals surface area contributed by atoms with E-state index in [1.807, 2.05) is 0 Å². The standard InChI is InChI=1S/C17H13ClN4O2/c18-11-6-7-14-12(8-11)15(19)13(9-20-14)17(24)22-21-16(23)10-4-2-1-3-5-10/h1-9H,(H2,19,20)(H,21,23)(H,22,24). The average molecular weight is 341 g/mol. The minimum absolute atomic E-state index is 0.151. The lowest BCUT2D eigenvalue weighted by Crippen LogP contribution is -2.41. The molecule has 1 heterocycles. The number of nitrogen functional groups attached to an aromatic ring is 1. The molecular formula is C17H13ClN4O2. The van der Waals surface area contributed by atoms with Crippen molar-refractivity contribution in [3.05, 3.63) is 70.9 Å². The molecule has 0 aliphatic carbocycles. The Labute approximate surface area is 142 Å². The van der Waals surface area contributed by atoms with Crippen LogP contribution in [0.15, 0.2) is 54.7 Å². The van der Waals surface area contributed by atoms with Crippen molar-refractivity contribution in [2.75, 3.05) is 5.73 Å². The molecule has 3 aromatic rings. The first-order valence-corrected chi connectivity index (χ1v) is 7.43. The lowest BCUT2D eigenvalue weighted by molar-refractivity contribution is 0.0847. The summed E-state index contributed by atoms with van der Waals surface area (Å²) in [5.41, 5.74) is 12.1. The summed E-state index contributed by atoms with van der Waals surface area (Å²) in [5.74, 6) is -0.995. The fraction of sp³-hybridized carbons (Fsp3) is 0. The highest BCUT2D eigenvalue weighted by atomic mass is 35.5. The van der Waals surface area contributed by atoms with Crippen LogP contribution in [0.5, 0.6) is 0 Å². The van der Waals surface area contributed by atoms with E-state index in [0.29, 0.717) is 21.5 Å². The van der Waals surface area contributed by atoms with Gasteiger partial charge in [0.2, 0.25) is 0 Å². The highest BCUT2D eigenvalue weighted by Gasteiger charge is 2.14. The van der Waals surface area contributed by atoms with Gasteiger partial charge in [0, 0.05) is 22.2 Å². The molecule has 0 fully saturated rings. The number of nitrogens with two attached hydrogens (primary N) is 1. The zero-order valence-electron chi connectivity index (χ0n) is 12.4. The fourth-order valence-electron chi connectivity index (χ4n) is 2.21. The summed E-state index contributed by atoms with van der Waals surface area (Å²) in [6, 6.07) is 13.6. The summed E-state index contributed by atoms with van der Waals surface area (Å²) < 4.78 is 0. The van der Waals surface area contributed by atoms with Crippen LogP contribution in [0.3, 0.4) is 0 Å². The van der Waals surface area contributed by atoms with E-state index < -0.39 is 11.8 Å². The number of benzene rings is 2. The molecule has 7 heteroatoms. The molecule has 1 aromatic heterocycles. The number of aromatic nitrogens is 1. The lowest BCUT2D eigenvalue weighted by atomic mass is 10.1. The Balaban J connectivity index is 1.79. The maximum absolute atomic E-state index is 12.3. The van der Waals surface area contributed by atoms with Gasteiger partial charge in [-0.15, -0.1) is 0 Å². The molecule has 2 amide bonds. The summed E-state index contributed by atoms with van der Waals surface area (Å²) in [6.07, 6.45) is 1.36. The van der Waals surface area contributed by atoms with Gasteiger partial charge in [0.25, 0.3) is 11.8 Å². The second-order valence-corrected chi connectivity index (χ2v) is 5.46. The normalized spacial score (nSPS) is 10.4. The van der Waals surface area contributed by atoms with Crippen molar-refractivity contribution in [3.63, 3.8) is 0 Å². The second kappa shape index (κ2) is 6.55. The van der Waals surface area contributed by atoms with E-state index in [1.165, 1.54) is 6.20 Å². The number of rotatable bonds is 2.